The lowest BCUT2D eigenvalue weighted by atomic mass is 10.1. The predicted molar refractivity (Wildman–Crippen MR) is 119 cm³/mol. The molecule has 144 valence electrons. The highest BCUT2D eigenvalue weighted by molar-refractivity contribution is 7.80. The van der Waals surface area contributed by atoms with E-state index in [0.29, 0.717) is 11.7 Å². The van der Waals surface area contributed by atoms with Gasteiger partial charge >= 0.3 is 0 Å². The van der Waals surface area contributed by atoms with E-state index in [-0.39, 0.29) is 12.5 Å². The first-order chi connectivity index (χ1) is 12.7. The molecule has 0 spiro atoms. The van der Waals surface area contributed by atoms with E-state index in [1.165, 1.54) is 11.1 Å². The minimum atomic E-state index is -0.0739. The first kappa shape index (κ1) is 20.9. The summed E-state index contributed by atoms with van der Waals surface area (Å²) in [5, 5.41) is 6.88. The summed E-state index contributed by atoms with van der Waals surface area (Å²) < 4.78 is 0. The molecule has 0 unspecified atom stereocenters. The predicted octanol–water partition coefficient (Wildman–Crippen LogP) is 4.89. The molecule has 0 aliphatic heterocycles. The number of benzene rings is 2. The number of hydrogen-bond acceptors (Lipinski definition) is 2. The van der Waals surface area contributed by atoms with Crippen LogP contribution in [0, 0.1) is 34.6 Å². The first-order valence-electron chi connectivity index (χ1n) is 9.22. The molecule has 2 aromatic carbocycles. The van der Waals surface area contributed by atoms with Crippen LogP contribution in [0.2, 0.25) is 0 Å². The van der Waals surface area contributed by atoms with Gasteiger partial charge in [-0.15, -0.1) is 0 Å². The molecule has 0 aliphatic carbocycles. The van der Waals surface area contributed by atoms with Gasteiger partial charge in [0.1, 0.15) is 0 Å². The normalized spacial score (nSPS) is 10.4. The molecule has 0 atom stereocenters. The van der Waals surface area contributed by atoms with E-state index in [2.05, 4.69) is 43.5 Å². The number of para-hydroxylation sites is 1. The number of hydrogen-bond donors (Lipinski definition) is 2. The van der Waals surface area contributed by atoms with Crippen molar-refractivity contribution in [1.29, 1.82) is 0 Å². The third-order valence-electron chi connectivity index (χ3n) is 4.83. The van der Waals surface area contributed by atoms with Gasteiger partial charge in [-0.1, -0.05) is 24.3 Å². The van der Waals surface area contributed by atoms with Crippen LogP contribution in [0.1, 0.15) is 34.7 Å². The maximum Gasteiger partial charge on any atom is 0.243 e. The largest absolute Gasteiger partial charge is 0.340 e. The average Bonchev–Trinajstić information content (AvgIpc) is 2.60. The van der Waals surface area contributed by atoms with Crippen molar-refractivity contribution in [1.82, 2.24) is 4.90 Å². The number of carbonyl (C=O) groups is 1. The van der Waals surface area contributed by atoms with Crippen molar-refractivity contribution in [2.45, 2.75) is 41.5 Å². The third kappa shape index (κ3) is 5.30. The van der Waals surface area contributed by atoms with E-state index < -0.39 is 0 Å². The van der Waals surface area contributed by atoms with Gasteiger partial charge in [-0.2, -0.15) is 0 Å². The van der Waals surface area contributed by atoms with E-state index in [0.717, 1.165) is 28.1 Å². The van der Waals surface area contributed by atoms with Gasteiger partial charge in [0.15, 0.2) is 5.11 Å². The lowest BCUT2D eigenvalue weighted by Gasteiger charge is -2.25. The Kier molecular flexibility index (Phi) is 6.97. The number of thiocarbonyl (C=S) groups is 1. The molecular weight excluding hydrogens is 354 g/mol. The smallest absolute Gasteiger partial charge is 0.243 e. The zero-order valence-electron chi connectivity index (χ0n) is 17.1. The lowest BCUT2D eigenvalue weighted by Crippen LogP contribution is -2.40. The molecular formula is C22H29N3OS. The summed E-state index contributed by atoms with van der Waals surface area (Å²) in [5.74, 6) is -0.0739. The number of rotatable bonds is 5. The number of carbonyl (C=O) groups excluding carboxylic acids is 1. The Balaban J connectivity index is 2.07. The molecule has 5 heteroatoms. The average molecular weight is 384 g/mol. The van der Waals surface area contributed by atoms with Gasteiger partial charge < -0.3 is 15.5 Å². The summed E-state index contributed by atoms with van der Waals surface area (Å²) in [4.78, 5) is 14.4. The number of amides is 1. The molecule has 27 heavy (non-hydrogen) atoms. The second kappa shape index (κ2) is 9.00. The zero-order valence-corrected chi connectivity index (χ0v) is 17.9. The Labute approximate surface area is 168 Å². The van der Waals surface area contributed by atoms with Gasteiger partial charge in [0.2, 0.25) is 5.91 Å². The topological polar surface area (TPSA) is 44.4 Å². The Morgan fingerprint density at radius 1 is 0.926 bits per heavy atom. The molecule has 0 aromatic heterocycles. The first-order valence-corrected chi connectivity index (χ1v) is 9.63. The minimum Gasteiger partial charge on any atom is -0.340 e. The SMILES string of the molecule is CCN(CC(=O)Nc1c(C)cccc1C)C(=S)Nc1cc(C)c(C)cc1C. The van der Waals surface area contributed by atoms with Gasteiger partial charge in [0, 0.05) is 17.9 Å². The molecule has 1 amide bonds. The summed E-state index contributed by atoms with van der Waals surface area (Å²) in [5.41, 5.74) is 7.57. The van der Waals surface area contributed by atoms with E-state index in [1.54, 1.807) is 0 Å². The van der Waals surface area contributed by atoms with Crippen LogP contribution < -0.4 is 10.6 Å². The summed E-state index contributed by atoms with van der Waals surface area (Å²) in [7, 11) is 0. The van der Waals surface area contributed by atoms with Gasteiger partial charge in [-0.3, -0.25) is 4.79 Å². The summed E-state index contributed by atoms with van der Waals surface area (Å²) in [6.07, 6.45) is 0. The number of anilines is 2. The number of likely N-dealkylation sites (N-methyl/N-ethyl adjacent to an activating group) is 1. The Morgan fingerprint density at radius 3 is 2.11 bits per heavy atom. The van der Waals surface area contributed by atoms with Crippen molar-refractivity contribution in [3.8, 4) is 0 Å². The van der Waals surface area contributed by atoms with E-state index in [1.807, 2.05) is 43.9 Å². The standard InChI is InChI=1S/C22H29N3OS/c1-7-25(13-20(26)24-21-14(2)9-8-10-15(21)3)22(27)23-19-12-17(5)16(4)11-18(19)6/h8-12H,7,13H2,1-6H3,(H,23,27)(H,24,26). The molecule has 0 heterocycles. The highest BCUT2D eigenvalue weighted by Gasteiger charge is 2.15. The molecule has 0 aliphatic rings. The number of nitrogens with zero attached hydrogens (tertiary/aromatic N) is 1. The van der Waals surface area contributed by atoms with Crippen molar-refractivity contribution in [2.24, 2.45) is 0 Å². The Bertz CT molecular complexity index is 841. The zero-order chi connectivity index (χ0) is 20.1. The summed E-state index contributed by atoms with van der Waals surface area (Å²) >= 11 is 5.56. The fraction of sp³-hybridized carbons (Fsp3) is 0.364. The molecule has 0 fully saturated rings. The number of aryl methyl sites for hydroxylation is 5. The maximum absolute atomic E-state index is 12.6. The van der Waals surface area contributed by atoms with Crippen LogP contribution in [0.4, 0.5) is 11.4 Å². The van der Waals surface area contributed by atoms with E-state index >= 15 is 0 Å². The Hall–Kier alpha value is -2.40. The van der Waals surface area contributed by atoms with Crippen LogP contribution in [0.5, 0.6) is 0 Å². The van der Waals surface area contributed by atoms with Crippen LogP contribution in [0.3, 0.4) is 0 Å². The highest BCUT2D eigenvalue weighted by Crippen LogP contribution is 2.21. The van der Waals surface area contributed by atoms with E-state index in [4.69, 9.17) is 12.2 Å². The molecule has 2 rings (SSSR count). The quantitative estimate of drug-likeness (QED) is 0.722. The minimum absolute atomic E-state index is 0.0739. The molecule has 0 saturated heterocycles. The van der Waals surface area contributed by atoms with Crippen molar-refractivity contribution in [3.63, 3.8) is 0 Å². The van der Waals surface area contributed by atoms with Gasteiger partial charge in [-0.25, -0.2) is 0 Å². The summed E-state index contributed by atoms with van der Waals surface area (Å²) in [6, 6.07) is 10.2. The molecule has 0 saturated carbocycles. The monoisotopic (exact) mass is 383 g/mol. The fourth-order valence-electron chi connectivity index (χ4n) is 2.98. The van der Waals surface area contributed by atoms with Crippen LogP contribution >= 0.6 is 12.2 Å². The third-order valence-corrected chi connectivity index (χ3v) is 5.19. The van der Waals surface area contributed by atoms with E-state index in [9.17, 15) is 4.79 Å². The molecule has 4 nitrogen and oxygen atoms in total. The lowest BCUT2D eigenvalue weighted by molar-refractivity contribution is -0.116. The molecule has 0 radical (unpaired) electrons. The fourth-order valence-corrected chi connectivity index (χ4v) is 3.28. The summed E-state index contributed by atoms with van der Waals surface area (Å²) in [6.45, 7) is 13.1. The van der Waals surface area contributed by atoms with Crippen LogP contribution in [0.25, 0.3) is 0 Å². The van der Waals surface area contributed by atoms with Gasteiger partial charge in [0.25, 0.3) is 0 Å². The van der Waals surface area contributed by atoms with Crippen LogP contribution in [0.15, 0.2) is 30.3 Å². The Morgan fingerprint density at radius 2 is 1.52 bits per heavy atom. The maximum atomic E-state index is 12.6. The van der Waals surface area contributed by atoms with Crippen LogP contribution in [-0.2, 0) is 4.79 Å². The second-order valence-corrected chi connectivity index (χ2v) is 7.40. The van der Waals surface area contributed by atoms with Crippen molar-refractivity contribution in [3.05, 3.63) is 58.1 Å². The van der Waals surface area contributed by atoms with Crippen molar-refractivity contribution >= 4 is 34.6 Å². The van der Waals surface area contributed by atoms with Crippen molar-refractivity contribution < 1.29 is 4.79 Å². The highest BCUT2D eigenvalue weighted by atomic mass is 32.1. The molecule has 2 N–H and O–H groups in total. The number of nitrogens with one attached hydrogen (secondary N) is 2. The van der Waals surface area contributed by atoms with Gasteiger partial charge in [0.05, 0.1) is 6.54 Å². The molecule has 0 bridgehead atoms. The second-order valence-electron chi connectivity index (χ2n) is 7.01. The van der Waals surface area contributed by atoms with Crippen LogP contribution in [-0.4, -0.2) is 29.0 Å². The van der Waals surface area contributed by atoms with Gasteiger partial charge in [-0.05, 0) is 87.6 Å². The van der Waals surface area contributed by atoms with Crippen molar-refractivity contribution in [2.75, 3.05) is 23.7 Å². The molecule has 2 aromatic rings.